The van der Waals surface area contributed by atoms with Gasteiger partial charge in [0.15, 0.2) is 17.5 Å². The number of nitro benzene ring substituents is 1. The fraction of sp³-hybridized carbons (Fsp3) is 0.338. The number of phenolic OH excluding ortho intramolecular Hbond substituents is 1. The van der Waals surface area contributed by atoms with E-state index in [4.69, 9.17) is 52.6 Å². The minimum absolute atomic E-state index is 0.145. The highest BCUT2D eigenvalue weighted by Gasteiger charge is 2.49. The number of aliphatic hydroxyl groups excluding tert-OH is 6. The topological polar surface area (TPSA) is 547 Å². The number of carbonyl (C=O) groups excluding carboxylic acids is 8. The molecule has 7 aliphatic rings. The molecule has 1 saturated heterocycles. The van der Waals surface area contributed by atoms with E-state index in [2.05, 4.69) is 31.9 Å². The average molecular weight is 1500 g/mol. The number of non-ortho nitro benzene ring substituents is 1. The quantitative estimate of drug-likeness (QED) is 0.0409. The lowest BCUT2D eigenvalue weighted by Gasteiger charge is -2.39. The number of hydrogen-bond acceptors (Lipinski definition) is 25. The van der Waals surface area contributed by atoms with Crippen molar-refractivity contribution in [1.82, 2.24) is 36.8 Å². The number of carboxylic acids is 1. The summed E-state index contributed by atoms with van der Waals surface area (Å²) in [6.07, 6.45) is -16.9. The highest BCUT2D eigenvalue weighted by atomic mass is 35.5. The van der Waals surface area contributed by atoms with Crippen LogP contribution in [0.5, 0.6) is 34.5 Å². The number of nitrogens with one attached hydrogen (secondary N) is 6. The summed E-state index contributed by atoms with van der Waals surface area (Å²) >= 11 is 14.0. The maximum absolute atomic E-state index is 16.0. The SMILES string of the molecule is CC(C)C[C@H](C(=O)N[C@H]1C(=O)N[C@@H](CC(N)=O)C(=O)N[C@H]2C(=O)N[C@H]3C(=O)N[C@H](C(=O)N[C@H](C(=O)O)c4cc(O)cc5c4-c4cc3ccc4C5(O)O)[C@H](O)c3ccc(c(Cl)c3)Oc3cc2cc(c3O[C@@H]2O[C@H](CO)[C@@H](O)[C@H](O)[C@H]2O)Oc2ccc(cc2Cl)[C@H]1O)N(C)C(=O)OCc1ccc([N+](=O)[O-])cc1. The van der Waals surface area contributed by atoms with Crippen molar-refractivity contribution in [2.45, 2.75) is 124 Å². The summed E-state index contributed by atoms with van der Waals surface area (Å²) in [5.74, 6) is -18.5. The van der Waals surface area contributed by atoms with Gasteiger partial charge in [0.1, 0.15) is 96.7 Å². The van der Waals surface area contributed by atoms with Crippen LogP contribution in [0.4, 0.5) is 10.5 Å². The molecule has 13 rings (SSSR count). The number of hydrogen-bond donors (Lipinski definition) is 17. The molecule has 6 heterocycles. The van der Waals surface area contributed by atoms with E-state index in [0.29, 0.717) is 5.56 Å². The molecule has 6 aromatic carbocycles. The Morgan fingerprint density at radius 3 is 1.90 bits per heavy atom. The molecule has 1 fully saturated rings. The van der Waals surface area contributed by atoms with Gasteiger partial charge in [-0.05, 0) is 124 Å². The second kappa shape index (κ2) is 30.1. The Labute approximate surface area is 602 Å². The molecule has 6 aromatic rings. The van der Waals surface area contributed by atoms with Gasteiger partial charge in [-0.3, -0.25) is 48.6 Å². The standard InChI is InChI=1S/C68H67Cl2N9O26/c1-25(2)14-40(78(3)67(96)101-24-26-4-9-31(10-5-26)79(99)100)60(89)76-51-53(83)28-7-12-41(37(69)16-28)102-43-18-30-19-44(58(43)105-66-57(87)56(86)55(85)45(23-80)104-66)103-42-13-8-29(17-38(42)70)54(84)52-64(93)75-50(65(94)95)34-20-32(81)21-36-47(34)33-15-27(6-11-35(33)68(36,97)98)48(61(90)77-52)74-62(91)49(30)73-59(88)39(22-46(71)82)72-63(51)92/h4-13,15-21,25,39-40,45,48-57,66,80-81,83-87,97-98H,14,22-24H2,1-3H3,(H2,71,82)(H,72,92)(H,73,88)(H,74,91)(H,75,93)(H,76,89)(H,77,90)(H,94,95)/t39-,40+,45+,48+,49+,50-,51+,52-,53+,54+,55+,56-,57+,66-/m0/s1. The number of nitro groups is 1. The molecule has 0 spiro atoms. The maximum atomic E-state index is 16.0. The second-order valence-corrected chi connectivity index (χ2v) is 26.5. The number of nitrogens with two attached hydrogens (primary N) is 1. The monoisotopic (exact) mass is 1500 g/mol. The molecule has 8 amide bonds. The molecule has 1 aliphatic carbocycles. The number of ether oxygens (including phenoxy) is 5. The Bertz CT molecular complexity index is 4530. The predicted octanol–water partition coefficient (Wildman–Crippen LogP) is 0.914. The number of aliphatic hydroxyl groups is 8. The van der Waals surface area contributed by atoms with E-state index in [1.165, 1.54) is 31.3 Å². The van der Waals surface area contributed by atoms with Crippen LogP contribution in [0.15, 0.2) is 103 Å². The van der Waals surface area contributed by atoms with Crippen LogP contribution in [0.3, 0.4) is 0 Å². The first-order chi connectivity index (χ1) is 49.6. The molecule has 18 N–H and O–H groups in total. The van der Waals surface area contributed by atoms with Gasteiger partial charge in [-0.25, -0.2) is 9.59 Å². The van der Waals surface area contributed by atoms with Crippen molar-refractivity contribution >= 4 is 82.3 Å². The van der Waals surface area contributed by atoms with E-state index in [-0.39, 0.29) is 45.5 Å². The molecule has 14 atom stereocenters. The summed E-state index contributed by atoms with van der Waals surface area (Å²) in [5, 5.41) is 138. The van der Waals surface area contributed by atoms with E-state index in [1.54, 1.807) is 13.8 Å². The van der Waals surface area contributed by atoms with Crippen molar-refractivity contribution in [3.63, 3.8) is 0 Å². The van der Waals surface area contributed by atoms with Gasteiger partial charge < -0.3 is 112 Å². The van der Waals surface area contributed by atoms with Crippen LogP contribution < -0.4 is 51.8 Å². The van der Waals surface area contributed by atoms with E-state index in [0.717, 1.165) is 83.8 Å². The Hall–Kier alpha value is -10.8. The highest BCUT2D eigenvalue weighted by molar-refractivity contribution is 6.32. The normalized spacial score (nSPS) is 25.0. The molecule has 37 heteroatoms. The van der Waals surface area contributed by atoms with Gasteiger partial charge in [0.2, 0.25) is 59.2 Å². The number of nitrogens with zero attached hydrogens (tertiary/aromatic N) is 2. The number of carboxylic acid groups (broad SMARTS) is 1. The number of primary amides is 1. The molecule has 6 aliphatic heterocycles. The molecule has 554 valence electrons. The summed E-state index contributed by atoms with van der Waals surface area (Å²) in [5.41, 5.74) is 2.51. The van der Waals surface area contributed by atoms with Crippen molar-refractivity contribution in [2.24, 2.45) is 11.7 Å². The number of fused-ring (bicyclic) bond motifs is 12. The fourth-order valence-corrected chi connectivity index (χ4v) is 13.1. The van der Waals surface area contributed by atoms with Gasteiger partial charge in [-0.1, -0.05) is 61.3 Å². The van der Waals surface area contributed by atoms with Crippen LogP contribution in [-0.2, 0) is 60.2 Å². The zero-order chi connectivity index (χ0) is 76.1. The Morgan fingerprint density at radius 1 is 0.705 bits per heavy atom. The first kappa shape index (κ1) is 75.3. The van der Waals surface area contributed by atoms with Crippen molar-refractivity contribution in [3.8, 4) is 45.6 Å². The Morgan fingerprint density at radius 2 is 1.30 bits per heavy atom. The number of rotatable bonds is 14. The first-order valence-electron chi connectivity index (χ1n) is 32.0. The fourth-order valence-electron chi connectivity index (χ4n) is 12.6. The zero-order valence-corrected chi connectivity index (χ0v) is 56.5. The zero-order valence-electron chi connectivity index (χ0n) is 55.0. The lowest BCUT2D eigenvalue weighted by Crippen LogP contribution is -2.60. The number of halogens is 2. The molecular formula is C68H67Cl2N9O26. The van der Waals surface area contributed by atoms with E-state index >= 15 is 19.2 Å². The summed E-state index contributed by atoms with van der Waals surface area (Å²) in [4.78, 5) is 143. The largest absolute Gasteiger partial charge is 0.508 e. The summed E-state index contributed by atoms with van der Waals surface area (Å²) < 4.78 is 30.4. The van der Waals surface area contributed by atoms with E-state index in [1.807, 2.05) is 0 Å². The van der Waals surface area contributed by atoms with Crippen molar-refractivity contribution in [2.75, 3.05) is 13.7 Å². The third-order valence-electron chi connectivity index (χ3n) is 18.1. The van der Waals surface area contributed by atoms with E-state index in [9.17, 15) is 85.2 Å². The summed E-state index contributed by atoms with van der Waals surface area (Å²) in [6.45, 7) is 1.94. The minimum atomic E-state index is -3.04. The van der Waals surface area contributed by atoms with Crippen molar-refractivity contribution in [3.05, 3.63) is 168 Å². The van der Waals surface area contributed by atoms with Gasteiger partial charge in [0.25, 0.3) is 5.69 Å². The predicted molar refractivity (Wildman–Crippen MR) is 357 cm³/mol. The van der Waals surface area contributed by atoms with Crippen LogP contribution in [0, 0.1) is 16.0 Å². The molecule has 0 saturated carbocycles. The lowest BCUT2D eigenvalue weighted by molar-refractivity contribution is -0.384. The van der Waals surface area contributed by atoms with Crippen LogP contribution in [-0.4, -0.2) is 183 Å². The maximum Gasteiger partial charge on any atom is 0.410 e. The number of phenols is 1. The third kappa shape index (κ3) is 15.3. The van der Waals surface area contributed by atoms with Gasteiger partial charge in [0.05, 0.1) is 28.0 Å². The number of aromatic hydroxyl groups is 1. The number of benzene rings is 6. The first-order valence-corrected chi connectivity index (χ1v) is 32.8. The Kier molecular flexibility index (Phi) is 21.6. The third-order valence-corrected chi connectivity index (χ3v) is 18.7. The van der Waals surface area contributed by atoms with Crippen molar-refractivity contribution < 1.29 is 123 Å². The molecular weight excluding hydrogens is 1430 g/mol. The molecule has 0 unspecified atom stereocenters. The summed E-state index contributed by atoms with van der Waals surface area (Å²) in [6, 6.07) is 3.44. The number of carbonyl (C=O) groups is 9. The highest BCUT2D eigenvalue weighted by Crippen LogP contribution is 2.52. The van der Waals surface area contributed by atoms with Crippen LogP contribution in [0.2, 0.25) is 10.0 Å². The number of likely N-dealkylation sites (N-methyl/N-ethyl adjacent to an activating group) is 1. The van der Waals surface area contributed by atoms with Crippen LogP contribution in [0.1, 0.15) is 102 Å². The molecule has 0 aromatic heterocycles. The lowest BCUT2D eigenvalue weighted by atomic mass is 9.90. The molecule has 35 nitrogen and oxygen atoms in total. The molecule has 105 heavy (non-hydrogen) atoms. The van der Waals surface area contributed by atoms with Crippen LogP contribution in [0.25, 0.3) is 11.1 Å². The van der Waals surface area contributed by atoms with Crippen LogP contribution >= 0.6 is 23.2 Å². The minimum Gasteiger partial charge on any atom is -0.508 e. The molecule has 11 bridgehead atoms. The van der Waals surface area contributed by atoms with Gasteiger partial charge in [0, 0.05) is 30.3 Å². The van der Waals surface area contributed by atoms with Gasteiger partial charge in [-0.2, -0.15) is 0 Å². The Balaban J connectivity index is 1.09. The number of amides is 8. The smallest absolute Gasteiger partial charge is 0.410 e. The molecule has 0 radical (unpaired) electrons. The second-order valence-electron chi connectivity index (χ2n) is 25.7. The van der Waals surface area contributed by atoms with Crippen molar-refractivity contribution in [1.29, 1.82) is 0 Å². The average Bonchev–Trinajstić information content (AvgIpc) is 1.57. The van der Waals surface area contributed by atoms with Gasteiger partial charge in [-0.15, -0.1) is 0 Å². The summed E-state index contributed by atoms with van der Waals surface area (Å²) in [7, 11) is 1.18. The van der Waals surface area contributed by atoms with Gasteiger partial charge >= 0.3 is 12.1 Å². The number of aliphatic carboxylic acids is 1. The van der Waals surface area contributed by atoms with E-state index < -0.39 is 236 Å².